The van der Waals surface area contributed by atoms with Gasteiger partial charge in [-0.15, -0.1) is 0 Å². The fourth-order valence-corrected chi connectivity index (χ4v) is 1.23. The second kappa shape index (κ2) is 6.37. The van der Waals surface area contributed by atoms with Gasteiger partial charge in [-0.05, 0) is 12.1 Å². The molecule has 0 aliphatic carbocycles. The third-order valence-electron chi connectivity index (χ3n) is 2.01. The summed E-state index contributed by atoms with van der Waals surface area (Å²) >= 11 is 0. The monoisotopic (exact) mass is 238 g/mol. The van der Waals surface area contributed by atoms with Gasteiger partial charge in [-0.2, -0.15) is 0 Å². The predicted octanol–water partition coefficient (Wildman–Crippen LogP) is 0.923. The van der Waals surface area contributed by atoms with Gasteiger partial charge in [0.05, 0.1) is 0 Å². The van der Waals surface area contributed by atoms with Crippen molar-refractivity contribution >= 4 is 12.1 Å². The molecule has 1 atom stereocenters. The van der Waals surface area contributed by atoms with Gasteiger partial charge in [-0.25, -0.2) is 9.59 Å². The zero-order chi connectivity index (χ0) is 12.7. The van der Waals surface area contributed by atoms with E-state index in [4.69, 9.17) is 5.11 Å². The Balaban J connectivity index is 2.51. The molecular weight excluding hydrogens is 224 g/mol. The van der Waals surface area contributed by atoms with E-state index in [1.807, 2.05) is 0 Å². The molecule has 1 aromatic rings. The first-order valence-electron chi connectivity index (χ1n) is 5.02. The van der Waals surface area contributed by atoms with E-state index in [-0.39, 0.29) is 13.0 Å². The van der Waals surface area contributed by atoms with E-state index in [1.54, 1.807) is 18.3 Å². The van der Waals surface area contributed by atoms with Gasteiger partial charge in [0.25, 0.3) is 0 Å². The number of hydrogen-bond acceptors (Lipinski definition) is 3. The molecule has 0 aromatic carbocycles. The van der Waals surface area contributed by atoms with Crippen LogP contribution in [0.4, 0.5) is 4.79 Å². The van der Waals surface area contributed by atoms with Crippen molar-refractivity contribution in [3.63, 3.8) is 0 Å². The van der Waals surface area contributed by atoms with Crippen molar-refractivity contribution in [2.24, 2.45) is 0 Å². The summed E-state index contributed by atoms with van der Waals surface area (Å²) in [5.41, 5.74) is 0.724. The van der Waals surface area contributed by atoms with Crippen LogP contribution in [0.2, 0.25) is 0 Å². The van der Waals surface area contributed by atoms with Crippen LogP contribution in [0.15, 0.2) is 31.0 Å². The number of carboxylic acid groups (broad SMARTS) is 1. The van der Waals surface area contributed by atoms with E-state index in [2.05, 4.69) is 21.6 Å². The first-order valence-corrected chi connectivity index (χ1v) is 5.02. The number of nitrogens with one attached hydrogen (secondary N) is 2. The van der Waals surface area contributed by atoms with Crippen LogP contribution in [-0.4, -0.2) is 34.8 Å². The predicted molar refractivity (Wildman–Crippen MR) is 60.6 cm³/mol. The van der Waals surface area contributed by atoms with Crippen LogP contribution >= 0.6 is 0 Å². The SMILES string of the molecule is C=CCOC(=O)NC(Cc1ccc[nH]1)C(=O)O. The third kappa shape index (κ3) is 4.42. The third-order valence-corrected chi connectivity index (χ3v) is 2.01. The number of ether oxygens (including phenoxy) is 1. The fourth-order valence-electron chi connectivity index (χ4n) is 1.23. The average Bonchev–Trinajstić information content (AvgIpc) is 2.78. The lowest BCUT2D eigenvalue weighted by atomic mass is 10.1. The molecule has 0 saturated heterocycles. The number of hydrogen-bond donors (Lipinski definition) is 3. The van der Waals surface area contributed by atoms with Crippen LogP contribution in [0, 0.1) is 0 Å². The number of carbonyl (C=O) groups is 2. The molecule has 92 valence electrons. The summed E-state index contributed by atoms with van der Waals surface area (Å²) in [5, 5.41) is 11.2. The number of carboxylic acids is 1. The zero-order valence-electron chi connectivity index (χ0n) is 9.18. The summed E-state index contributed by atoms with van der Waals surface area (Å²) in [6.07, 6.45) is 2.49. The maximum absolute atomic E-state index is 11.2. The largest absolute Gasteiger partial charge is 0.480 e. The van der Waals surface area contributed by atoms with E-state index in [0.717, 1.165) is 5.69 Å². The molecule has 1 heterocycles. The van der Waals surface area contributed by atoms with Crippen molar-refractivity contribution in [1.29, 1.82) is 0 Å². The highest BCUT2D eigenvalue weighted by molar-refractivity contribution is 5.80. The van der Waals surface area contributed by atoms with Gasteiger partial charge in [0.1, 0.15) is 12.6 Å². The Morgan fingerprint density at radius 2 is 2.41 bits per heavy atom. The number of alkyl carbamates (subject to hydrolysis) is 1. The van der Waals surface area contributed by atoms with Crippen molar-refractivity contribution in [3.8, 4) is 0 Å². The molecule has 1 rings (SSSR count). The minimum Gasteiger partial charge on any atom is -0.480 e. The van der Waals surface area contributed by atoms with Gasteiger partial charge in [-0.1, -0.05) is 12.7 Å². The highest BCUT2D eigenvalue weighted by atomic mass is 16.5. The van der Waals surface area contributed by atoms with Crippen molar-refractivity contribution in [1.82, 2.24) is 10.3 Å². The molecule has 6 nitrogen and oxygen atoms in total. The first kappa shape index (κ1) is 12.8. The molecule has 0 fully saturated rings. The second-order valence-electron chi connectivity index (χ2n) is 3.32. The zero-order valence-corrected chi connectivity index (χ0v) is 9.18. The quantitative estimate of drug-likeness (QED) is 0.643. The average molecular weight is 238 g/mol. The Morgan fingerprint density at radius 1 is 1.65 bits per heavy atom. The normalized spacial score (nSPS) is 11.5. The van der Waals surface area contributed by atoms with Crippen LogP contribution in [0.5, 0.6) is 0 Å². The summed E-state index contributed by atoms with van der Waals surface area (Å²) in [4.78, 5) is 25.0. The minimum absolute atomic E-state index is 0.0423. The molecule has 17 heavy (non-hydrogen) atoms. The molecule has 0 bridgehead atoms. The van der Waals surface area contributed by atoms with Crippen LogP contribution in [0.25, 0.3) is 0 Å². The van der Waals surface area contributed by atoms with Crippen LogP contribution in [0.3, 0.4) is 0 Å². The molecular formula is C11H14N2O4. The summed E-state index contributed by atoms with van der Waals surface area (Å²) in [7, 11) is 0. The van der Waals surface area contributed by atoms with Gasteiger partial charge < -0.3 is 20.1 Å². The van der Waals surface area contributed by atoms with Crippen molar-refractivity contribution in [3.05, 3.63) is 36.7 Å². The van der Waals surface area contributed by atoms with E-state index in [0.29, 0.717) is 0 Å². The lowest BCUT2D eigenvalue weighted by Crippen LogP contribution is -2.42. The Kier molecular flexibility index (Phi) is 4.80. The number of aromatic amines is 1. The Hall–Kier alpha value is -2.24. The van der Waals surface area contributed by atoms with Crippen LogP contribution < -0.4 is 5.32 Å². The van der Waals surface area contributed by atoms with Crippen molar-refractivity contribution < 1.29 is 19.4 Å². The number of amides is 1. The highest BCUT2D eigenvalue weighted by Crippen LogP contribution is 2.01. The van der Waals surface area contributed by atoms with E-state index >= 15 is 0 Å². The minimum atomic E-state index is -1.12. The van der Waals surface area contributed by atoms with E-state index < -0.39 is 18.1 Å². The molecule has 1 aromatic heterocycles. The molecule has 0 aliphatic rings. The lowest BCUT2D eigenvalue weighted by Gasteiger charge is -2.13. The molecule has 1 unspecified atom stereocenters. The van der Waals surface area contributed by atoms with Gasteiger partial charge in [0.2, 0.25) is 0 Å². The maximum Gasteiger partial charge on any atom is 0.408 e. The summed E-state index contributed by atoms with van der Waals surface area (Å²) < 4.78 is 4.65. The number of rotatable bonds is 6. The number of aliphatic carboxylic acids is 1. The molecule has 3 N–H and O–H groups in total. The van der Waals surface area contributed by atoms with Crippen molar-refractivity contribution in [2.45, 2.75) is 12.5 Å². The summed E-state index contributed by atoms with van der Waals surface area (Å²) in [6, 6.07) is 2.47. The fraction of sp³-hybridized carbons (Fsp3) is 0.273. The standard InChI is InChI=1S/C11H14N2O4/c1-2-6-17-11(16)13-9(10(14)15)7-8-4-3-5-12-8/h2-5,9,12H,1,6-7H2,(H,13,16)(H,14,15). The van der Waals surface area contributed by atoms with Gasteiger partial charge in [0.15, 0.2) is 0 Å². The Bertz CT molecular complexity index is 386. The molecule has 6 heteroatoms. The molecule has 1 amide bonds. The lowest BCUT2D eigenvalue weighted by molar-refractivity contribution is -0.139. The molecule has 0 spiro atoms. The van der Waals surface area contributed by atoms with Gasteiger partial charge >= 0.3 is 12.1 Å². The molecule has 0 aliphatic heterocycles. The van der Waals surface area contributed by atoms with E-state index in [9.17, 15) is 9.59 Å². The van der Waals surface area contributed by atoms with Crippen LogP contribution in [0.1, 0.15) is 5.69 Å². The first-order chi connectivity index (χ1) is 8.13. The summed E-state index contributed by atoms with van der Waals surface area (Å²) in [5.74, 6) is -1.12. The smallest absolute Gasteiger partial charge is 0.408 e. The number of aromatic nitrogens is 1. The van der Waals surface area contributed by atoms with Gasteiger partial charge in [0, 0.05) is 18.3 Å². The maximum atomic E-state index is 11.2. The Labute approximate surface area is 98.3 Å². The number of carbonyl (C=O) groups excluding carboxylic acids is 1. The topological polar surface area (TPSA) is 91.4 Å². The number of H-pyrrole nitrogens is 1. The highest BCUT2D eigenvalue weighted by Gasteiger charge is 2.21. The summed E-state index contributed by atoms with van der Waals surface area (Å²) in [6.45, 7) is 3.42. The molecule has 0 saturated carbocycles. The van der Waals surface area contributed by atoms with Crippen LogP contribution in [-0.2, 0) is 16.0 Å². The Morgan fingerprint density at radius 3 is 2.94 bits per heavy atom. The van der Waals surface area contributed by atoms with Crippen molar-refractivity contribution in [2.75, 3.05) is 6.61 Å². The molecule has 0 radical (unpaired) electrons. The van der Waals surface area contributed by atoms with Gasteiger partial charge in [-0.3, -0.25) is 0 Å². The second-order valence-corrected chi connectivity index (χ2v) is 3.32. The van der Waals surface area contributed by atoms with E-state index in [1.165, 1.54) is 6.08 Å².